The second-order valence-corrected chi connectivity index (χ2v) is 8.66. The van der Waals surface area contributed by atoms with Gasteiger partial charge in [-0.3, -0.25) is 14.4 Å². The summed E-state index contributed by atoms with van der Waals surface area (Å²) < 4.78 is 0. The van der Waals surface area contributed by atoms with Crippen molar-refractivity contribution < 1.29 is 24.3 Å². The van der Waals surface area contributed by atoms with Gasteiger partial charge < -0.3 is 31.8 Å². The molecule has 5 atom stereocenters. The second-order valence-electron chi connectivity index (χ2n) is 7.67. The molecule has 0 aliphatic carbocycles. The van der Waals surface area contributed by atoms with Crippen molar-refractivity contribution in [3.8, 4) is 0 Å². The van der Waals surface area contributed by atoms with Gasteiger partial charge in [-0.2, -0.15) is 11.8 Å². The summed E-state index contributed by atoms with van der Waals surface area (Å²) in [4.78, 5) is 56.1. The largest absolute Gasteiger partial charge is 0.480 e. The van der Waals surface area contributed by atoms with Crippen molar-refractivity contribution in [3.63, 3.8) is 0 Å². The number of imidazole rings is 1. The summed E-state index contributed by atoms with van der Waals surface area (Å²) in [5.41, 5.74) is 6.41. The number of rotatable bonds is 14. The highest BCUT2D eigenvalue weighted by Crippen LogP contribution is 2.09. The van der Waals surface area contributed by atoms with E-state index in [2.05, 4.69) is 25.9 Å². The van der Waals surface area contributed by atoms with E-state index >= 15 is 0 Å². The molecule has 0 fully saturated rings. The van der Waals surface area contributed by atoms with E-state index in [9.17, 15) is 24.3 Å². The molecule has 0 aromatic carbocycles. The van der Waals surface area contributed by atoms with Gasteiger partial charge in [-0.15, -0.1) is 0 Å². The van der Waals surface area contributed by atoms with Gasteiger partial charge in [0.1, 0.15) is 18.1 Å². The first-order chi connectivity index (χ1) is 15.1. The summed E-state index contributed by atoms with van der Waals surface area (Å²) in [6.45, 7) is 5.03. The Morgan fingerprint density at radius 3 is 2.38 bits per heavy atom. The molecule has 180 valence electrons. The average Bonchev–Trinajstić information content (AvgIpc) is 3.27. The van der Waals surface area contributed by atoms with Crippen LogP contribution in [0.4, 0.5) is 0 Å². The van der Waals surface area contributed by atoms with Crippen LogP contribution in [0.1, 0.15) is 39.3 Å². The maximum Gasteiger partial charge on any atom is 0.326 e. The lowest BCUT2D eigenvalue weighted by molar-refractivity contribution is -0.143. The quantitative estimate of drug-likeness (QED) is 0.213. The highest BCUT2D eigenvalue weighted by Gasteiger charge is 2.31. The number of thioether (sulfide) groups is 1. The van der Waals surface area contributed by atoms with Crippen LogP contribution >= 0.6 is 11.8 Å². The van der Waals surface area contributed by atoms with E-state index in [1.54, 1.807) is 18.7 Å². The molecule has 1 aromatic rings. The Kier molecular flexibility index (Phi) is 11.8. The number of carbonyl (C=O) groups excluding carboxylic acids is 3. The Morgan fingerprint density at radius 2 is 1.84 bits per heavy atom. The third-order valence-corrected chi connectivity index (χ3v) is 5.75. The molecule has 0 aliphatic heterocycles. The van der Waals surface area contributed by atoms with Gasteiger partial charge in [-0.25, -0.2) is 9.78 Å². The second kappa shape index (κ2) is 13.7. The molecule has 0 radical (unpaired) electrons. The number of hydrogen-bond donors (Lipinski definition) is 6. The number of carboxylic acids is 1. The van der Waals surface area contributed by atoms with Crippen LogP contribution in [0.5, 0.6) is 0 Å². The lowest BCUT2D eigenvalue weighted by Crippen LogP contribution is -2.57. The molecule has 1 rings (SSSR count). The number of aromatic amines is 1. The molecule has 0 aliphatic rings. The van der Waals surface area contributed by atoms with Crippen LogP contribution in [0.15, 0.2) is 12.5 Å². The fourth-order valence-electron chi connectivity index (χ4n) is 2.82. The zero-order chi connectivity index (χ0) is 24.3. The maximum absolute atomic E-state index is 12.9. The first kappa shape index (κ1) is 27.4. The van der Waals surface area contributed by atoms with Crippen LogP contribution in [0, 0.1) is 5.92 Å². The molecule has 0 bridgehead atoms. The number of aliphatic carboxylic acids is 1. The van der Waals surface area contributed by atoms with Crippen molar-refractivity contribution in [2.75, 3.05) is 12.0 Å². The van der Waals surface area contributed by atoms with Gasteiger partial charge >= 0.3 is 5.97 Å². The number of nitrogens with zero attached hydrogens (tertiary/aromatic N) is 1. The first-order valence-corrected chi connectivity index (χ1v) is 11.9. The van der Waals surface area contributed by atoms with Crippen molar-refractivity contribution in [2.24, 2.45) is 11.7 Å². The molecule has 0 saturated carbocycles. The normalized spacial score (nSPS) is 15.7. The van der Waals surface area contributed by atoms with E-state index in [0.29, 0.717) is 24.3 Å². The lowest BCUT2D eigenvalue weighted by atomic mass is 9.98. The number of nitrogens with two attached hydrogens (primary N) is 1. The number of carbonyl (C=O) groups is 4. The summed E-state index contributed by atoms with van der Waals surface area (Å²) in [6, 6.07) is -3.85. The fraction of sp³-hybridized carbons (Fsp3) is 0.650. The minimum atomic E-state index is -1.15. The Balaban J connectivity index is 2.87. The van der Waals surface area contributed by atoms with Crippen molar-refractivity contribution in [3.05, 3.63) is 18.2 Å². The van der Waals surface area contributed by atoms with Gasteiger partial charge in [0.2, 0.25) is 17.7 Å². The Labute approximate surface area is 192 Å². The van der Waals surface area contributed by atoms with E-state index in [4.69, 9.17) is 5.73 Å². The Bertz CT molecular complexity index is 760. The van der Waals surface area contributed by atoms with Crippen LogP contribution in [0.25, 0.3) is 0 Å². The third kappa shape index (κ3) is 8.87. The fourth-order valence-corrected chi connectivity index (χ4v) is 3.31. The molecule has 11 nitrogen and oxygen atoms in total. The average molecular weight is 471 g/mol. The summed E-state index contributed by atoms with van der Waals surface area (Å²) in [7, 11) is 0. The zero-order valence-electron chi connectivity index (χ0n) is 18.9. The minimum Gasteiger partial charge on any atom is -0.480 e. The molecule has 32 heavy (non-hydrogen) atoms. The summed E-state index contributed by atoms with van der Waals surface area (Å²) >= 11 is 1.56. The van der Waals surface area contributed by atoms with E-state index < -0.39 is 47.9 Å². The van der Waals surface area contributed by atoms with E-state index in [0.717, 1.165) is 0 Å². The topological polar surface area (TPSA) is 179 Å². The predicted molar refractivity (Wildman–Crippen MR) is 122 cm³/mol. The summed E-state index contributed by atoms with van der Waals surface area (Å²) in [5.74, 6) is -2.44. The number of aromatic nitrogens is 2. The minimum absolute atomic E-state index is 0.0678. The van der Waals surface area contributed by atoms with Crippen LogP contribution in [0.3, 0.4) is 0 Å². The standard InChI is InChI=1S/C20H34N6O5S/c1-5-11(2)16(20(30)31)26-19(29)15(8-13-9-22-10-23-13)25-17(27)12(3)24-18(28)14(21)6-7-32-4/h9-12,14-16H,5-8,21H2,1-4H3,(H,22,23)(H,24,28)(H,25,27)(H,26,29)(H,30,31). The van der Waals surface area contributed by atoms with E-state index in [-0.39, 0.29) is 12.3 Å². The highest BCUT2D eigenvalue weighted by molar-refractivity contribution is 7.98. The molecule has 3 amide bonds. The molecule has 0 spiro atoms. The van der Waals surface area contributed by atoms with Crippen LogP contribution in [-0.2, 0) is 25.6 Å². The number of nitrogens with one attached hydrogen (secondary N) is 4. The van der Waals surface area contributed by atoms with Gasteiger partial charge in [0.15, 0.2) is 0 Å². The lowest BCUT2D eigenvalue weighted by Gasteiger charge is -2.25. The van der Waals surface area contributed by atoms with Crippen LogP contribution in [0.2, 0.25) is 0 Å². The summed E-state index contributed by atoms with van der Waals surface area (Å²) in [6.07, 6.45) is 5.93. The molecule has 1 aromatic heterocycles. The predicted octanol–water partition coefficient (Wildman–Crippen LogP) is -0.362. The van der Waals surface area contributed by atoms with Gasteiger partial charge in [0, 0.05) is 18.3 Å². The number of carboxylic acid groups (broad SMARTS) is 1. The molecule has 12 heteroatoms. The number of hydrogen-bond acceptors (Lipinski definition) is 7. The van der Waals surface area contributed by atoms with Gasteiger partial charge in [-0.05, 0) is 31.3 Å². The van der Waals surface area contributed by atoms with Gasteiger partial charge in [0.05, 0.1) is 12.4 Å². The van der Waals surface area contributed by atoms with Crippen molar-refractivity contribution in [2.45, 2.75) is 64.2 Å². The van der Waals surface area contributed by atoms with Crippen molar-refractivity contribution in [1.29, 1.82) is 0 Å². The van der Waals surface area contributed by atoms with Crippen LogP contribution < -0.4 is 21.7 Å². The Hall–Kier alpha value is -2.60. The number of H-pyrrole nitrogens is 1. The zero-order valence-corrected chi connectivity index (χ0v) is 19.7. The third-order valence-electron chi connectivity index (χ3n) is 5.11. The van der Waals surface area contributed by atoms with Gasteiger partial charge in [-0.1, -0.05) is 20.3 Å². The van der Waals surface area contributed by atoms with Gasteiger partial charge in [0.25, 0.3) is 0 Å². The van der Waals surface area contributed by atoms with E-state index in [1.165, 1.54) is 19.4 Å². The molecule has 7 N–H and O–H groups in total. The maximum atomic E-state index is 12.9. The van der Waals surface area contributed by atoms with E-state index in [1.807, 2.05) is 13.2 Å². The SMILES string of the molecule is CCC(C)C(NC(=O)C(Cc1cnc[nH]1)NC(=O)C(C)NC(=O)C(N)CCSC)C(=O)O. The molecular formula is C20H34N6O5S. The van der Waals surface area contributed by atoms with Crippen LogP contribution in [-0.4, -0.2) is 74.9 Å². The highest BCUT2D eigenvalue weighted by atomic mass is 32.2. The Morgan fingerprint density at radius 1 is 1.16 bits per heavy atom. The van der Waals surface area contributed by atoms with Crippen molar-refractivity contribution >= 4 is 35.5 Å². The first-order valence-electron chi connectivity index (χ1n) is 10.5. The monoisotopic (exact) mass is 470 g/mol. The summed E-state index contributed by atoms with van der Waals surface area (Å²) in [5, 5.41) is 17.1. The smallest absolute Gasteiger partial charge is 0.326 e. The molecule has 5 unspecified atom stereocenters. The molecule has 0 saturated heterocycles. The van der Waals surface area contributed by atoms with Crippen molar-refractivity contribution in [1.82, 2.24) is 25.9 Å². The number of amides is 3. The molecule has 1 heterocycles. The molecular weight excluding hydrogens is 436 g/mol.